The Morgan fingerprint density at radius 2 is 2.26 bits per heavy atom. The van der Waals surface area contributed by atoms with Crippen LogP contribution in [0.1, 0.15) is 23.2 Å². The molecule has 1 aliphatic carbocycles. The summed E-state index contributed by atoms with van der Waals surface area (Å²) in [5.41, 5.74) is 2.78. The molecule has 0 amide bonds. The summed E-state index contributed by atoms with van der Waals surface area (Å²) in [5, 5.41) is 0.792. The number of halogens is 1. The molecule has 2 aromatic rings. The molecular formula is C14H13FN2OS. The van der Waals surface area contributed by atoms with Gasteiger partial charge in [-0.2, -0.15) is 4.98 Å². The maximum absolute atomic E-state index is 13.1. The van der Waals surface area contributed by atoms with Crippen LogP contribution in [0.4, 0.5) is 4.39 Å². The Kier molecular flexibility index (Phi) is 3.38. The number of rotatable bonds is 3. The number of aromatic nitrogens is 2. The van der Waals surface area contributed by atoms with E-state index < -0.39 is 0 Å². The van der Waals surface area contributed by atoms with Gasteiger partial charge < -0.3 is 4.98 Å². The molecule has 98 valence electrons. The number of H-pyrrole nitrogens is 1. The lowest BCUT2D eigenvalue weighted by molar-refractivity contribution is 0.626. The second kappa shape index (κ2) is 5.17. The maximum Gasteiger partial charge on any atom is 0.346 e. The molecule has 1 N–H and O–H groups in total. The van der Waals surface area contributed by atoms with Gasteiger partial charge in [-0.25, -0.2) is 9.18 Å². The molecule has 3 nitrogen and oxygen atoms in total. The van der Waals surface area contributed by atoms with Gasteiger partial charge in [-0.05, 0) is 37.0 Å². The molecular weight excluding hydrogens is 263 g/mol. The topological polar surface area (TPSA) is 45.8 Å². The van der Waals surface area contributed by atoms with E-state index in [1.807, 2.05) is 6.07 Å². The Bertz CT molecular complexity index is 669. The highest BCUT2D eigenvalue weighted by molar-refractivity contribution is 7.98. The average Bonchev–Trinajstić information content (AvgIpc) is 2.84. The van der Waals surface area contributed by atoms with Crippen LogP contribution < -0.4 is 5.69 Å². The Morgan fingerprint density at radius 1 is 1.37 bits per heavy atom. The summed E-state index contributed by atoms with van der Waals surface area (Å²) in [6.07, 6.45) is 2.94. The number of hydrogen-bond donors (Lipinski definition) is 1. The Morgan fingerprint density at radius 3 is 3.11 bits per heavy atom. The summed E-state index contributed by atoms with van der Waals surface area (Å²) >= 11 is 1.50. The number of aromatic amines is 1. The van der Waals surface area contributed by atoms with Crippen molar-refractivity contribution < 1.29 is 4.39 Å². The Hall–Kier alpha value is -1.62. The third kappa shape index (κ3) is 2.71. The molecule has 0 saturated carbocycles. The fraction of sp³-hybridized carbons (Fsp3) is 0.286. The molecule has 0 atom stereocenters. The minimum absolute atomic E-state index is 0.234. The molecule has 0 spiro atoms. The number of nitrogens with zero attached hydrogens (tertiary/aromatic N) is 1. The molecule has 0 radical (unpaired) electrons. The number of aryl methyl sites for hydroxylation is 1. The first-order valence-electron chi connectivity index (χ1n) is 6.22. The van der Waals surface area contributed by atoms with Gasteiger partial charge in [-0.1, -0.05) is 12.1 Å². The normalized spacial score (nSPS) is 13.5. The van der Waals surface area contributed by atoms with E-state index in [4.69, 9.17) is 0 Å². The van der Waals surface area contributed by atoms with Crippen molar-refractivity contribution in [3.8, 4) is 0 Å². The second-order valence-corrected chi connectivity index (χ2v) is 5.54. The van der Waals surface area contributed by atoms with Gasteiger partial charge in [0.1, 0.15) is 10.8 Å². The van der Waals surface area contributed by atoms with Gasteiger partial charge in [0.05, 0.1) is 0 Å². The zero-order valence-electron chi connectivity index (χ0n) is 10.3. The lowest BCUT2D eigenvalue weighted by Crippen LogP contribution is -2.14. The first-order valence-corrected chi connectivity index (χ1v) is 7.20. The minimum atomic E-state index is -0.289. The van der Waals surface area contributed by atoms with Crippen molar-refractivity contribution in [3.63, 3.8) is 0 Å². The van der Waals surface area contributed by atoms with Gasteiger partial charge >= 0.3 is 5.69 Å². The molecule has 0 bridgehead atoms. The van der Waals surface area contributed by atoms with Crippen LogP contribution in [-0.4, -0.2) is 9.97 Å². The van der Waals surface area contributed by atoms with Gasteiger partial charge in [0.2, 0.25) is 0 Å². The summed E-state index contributed by atoms with van der Waals surface area (Å²) in [4.78, 5) is 18.3. The quantitative estimate of drug-likeness (QED) is 0.692. The molecule has 0 aliphatic heterocycles. The molecule has 1 heterocycles. The van der Waals surface area contributed by atoms with Gasteiger partial charge in [-0.15, -0.1) is 11.8 Å². The highest BCUT2D eigenvalue weighted by Crippen LogP contribution is 2.29. The van der Waals surface area contributed by atoms with E-state index >= 15 is 0 Å². The van der Waals surface area contributed by atoms with E-state index in [9.17, 15) is 9.18 Å². The second-order valence-electron chi connectivity index (χ2n) is 4.58. The highest BCUT2D eigenvalue weighted by atomic mass is 32.2. The zero-order valence-corrected chi connectivity index (χ0v) is 11.1. The van der Waals surface area contributed by atoms with Crippen LogP contribution >= 0.6 is 11.8 Å². The molecule has 0 unspecified atom stereocenters. The summed E-state index contributed by atoms with van der Waals surface area (Å²) < 4.78 is 13.1. The Labute approximate surface area is 114 Å². The SMILES string of the molecule is O=c1nc(SCc2cccc(F)c2)c2c([nH]1)CCC2. The van der Waals surface area contributed by atoms with Crippen molar-refractivity contribution in [2.24, 2.45) is 0 Å². The summed E-state index contributed by atoms with van der Waals surface area (Å²) in [6, 6.07) is 6.52. The lowest BCUT2D eigenvalue weighted by Gasteiger charge is -2.06. The average molecular weight is 276 g/mol. The van der Waals surface area contributed by atoms with Crippen molar-refractivity contribution in [2.75, 3.05) is 0 Å². The molecule has 1 aliphatic rings. The van der Waals surface area contributed by atoms with Crippen molar-refractivity contribution in [1.82, 2.24) is 9.97 Å². The Balaban J connectivity index is 1.83. The number of nitrogens with one attached hydrogen (secondary N) is 1. The third-order valence-corrected chi connectivity index (χ3v) is 4.29. The first-order chi connectivity index (χ1) is 9.22. The van der Waals surface area contributed by atoms with Gasteiger partial charge in [-0.3, -0.25) is 0 Å². The monoisotopic (exact) mass is 276 g/mol. The first kappa shape index (κ1) is 12.4. The predicted molar refractivity (Wildman–Crippen MR) is 72.8 cm³/mol. The van der Waals surface area contributed by atoms with Crippen LogP contribution in [0, 0.1) is 5.82 Å². The van der Waals surface area contributed by atoms with Crippen LogP contribution in [0.15, 0.2) is 34.1 Å². The number of benzene rings is 1. The molecule has 19 heavy (non-hydrogen) atoms. The zero-order chi connectivity index (χ0) is 13.2. The van der Waals surface area contributed by atoms with E-state index in [1.165, 1.54) is 23.9 Å². The molecule has 0 fully saturated rings. The third-order valence-electron chi connectivity index (χ3n) is 3.20. The fourth-order valence-corrected chi connectivity index (χ4v) is 3.36. The highest BCUT2D eigenvalue weighted by Gasteiger charge is 2.17. The summed E-state index contributed by atoms with van der Waals surface area (Å²) in [6.45, 7) is 0. The van der Waals surface area contributed by atoms with Crippen LogP contribution in [0.3, 0.4) is 0 Å². The molecule has 1 aromatic carbocycles. The number of thioether (sulfide) groups is 1. The number of fused-ring (bicyclic) bond motifs is 1. The fourth-order valence-electron chi connectivity index (χ4n) is 2.33. The molecule has 1 aromatic heterocycles. The van der Waals surface area contributed by atoms with Crippen LogP contribution in [0.25, 0.3) is 0 Å². The van der Waals surface area contributed by atoms with E-state index in [0.717, 1.165) is 41.1 Å². The number of hydrogen-bond acceptors (Lipinski definition) is 3. The minimum Gasteiger partial charge on any atom is -0.309 e. The van der Waals surface area contributed by atoms with Crippen molar-refractivity contribution in [1.29, 1.82) is 0 Å². The van der Waals surface area contributed by atoms with Crippen molar-refractivity contribution in [2.45, 2.75) is 30.0 Å². The smallest absolute Gasteiger partial charge is 0.309 e. The van der Waals surface area contributed by atoms with E-state index in [0.29, 0.717) is 5.75 Å². The predicted octanol–water partition coefficient (Wildman–Crippen LogP) is 2.69. The molecule has 3 rings (SSSR count). The lowest BCUT2D eigenvalue weighted by atomic mass is 10.2. The van der Waals surface area contributed by atoms with Crippen LogP contribution in [0.5, 0.6) is 0 Å². The molecule has 0 saturated heterocycles. The summed E-state index contributed by atoms with van der Waals surface area (Å²) in [5.74, 6) is 0.392. The summed E-state index contributed by atoms with van der Waals surface area (Å²) in [7, 11) is 0. The van der Waals surface area contributed by atoms with E-state index in [2.05, 4.69) is 9.97 Å². The largest absolute Gasteiger partial charge is 0.346 e. The van der Waals surface area contributed by atoms with Crippen molar-refractivity contribution >= 4 is 11.8 Å². The molecule has 5 heteroatoms. The van der Waals surface area contributed by atoms with Gasteiger partial charge in [0, 0.05) is 17.0 Å². The van der Waals surface area contributed by atoms with Crippen LogP contribution in [-0.2, 0) is 18.6 Å². The van der Waals surface area contributed by atoms with Gasteiger partial charge in [0.15, 0.2) is 0 Å². The van der Waals surface area contributed by atoms with Gasteiger partial charge in [0.25, 0.3) is 0 Å². The standard InChI is InChI=1S/C14H13FN2OS/c15-10-4-1-3-9(7-10)8-19-13-11-5-2-6-12(11)16-14(18)17-13/h1,3-4,7H,2,5-6,8H2,(H,16,17,18). The van der Waals surface area contributed by atoms with E-state index in [-0.39, 0.29) is 11.5 Å². The maximum atomic E-state index is 13.1. The van der Waals surface area contributed by atoms with E-state index in [1.54, 1.807) is 6.07 Å². The van der Waals surface area contributed by atoms with Crippen LogP contribution in [0.2, 0.25) is 0 Å². The van der Waals surface area contributed by atoms with Crippen molar-refractivity contribution in [3.05, 3.63) is 57.4 Å².